The standard InChI is InChI=1S/C15H10BrF3O2/c1-9-5-11(7-12(16)6-9)14(20)10-3-2-4-13(8-10)21-15(17,18)19/h2-8H,1H3. The van der Waals surface area contributed by atoms with Crippen LogP contribution < -0.4 is 4.74 Å². The molecule has 2 aromatic rings. The number of hydrogen-bond donors (Lipinski definition) is 0. The van der Waals surface area contributed by atoms with E-state index in [9.17, 15) is 18.0 Å². The van der Waals surface area contributed by atoms with Gasteiger partial charge in [0.05, 0.1) is 0 Å². The first-order valence-corrected chi connectivity index (χ1v) is 6.71. The fourth-order valence-electron chi connectivity index (χ4n) is 1.87. The van der Waals surface area contributed by atoms with Gasteiger partial charge in [0.15, 0.2) is 5.78 Å². The maximum absolute atomic E-state index is 12.3. The first-order chi connectivity index (χ1) is 9.74. The highest BCUT2D eigenvalue weighted by atomic mass is 79.9. The largest absolute Gasteiger partial charge is 0.573 e. The fraction of sp³-hybridized carbons (Fsp3) is 0.133. The van der Waals surface area contributed by atoms with Crippen LogP contribution in [0.25, 0.3) is 0 Å². The number of ether oxygens (including phenoxy) is 1. The molecule has 0 saturated heterocycles. The molecule has 0 N–H and O–H groups in total. The van der Waals surface area contributed by atoms with E-state index >= 15 is 0 Å². The molecule has 110 valence electrons. The van der Waals surface area contributed by atoms with Gasteiger partial charge in [-0.1, -0.05) is 28.1 Å². The van der Waals surface area contributed by atoms with Gasteiger partial charge in [-0.25, -0.2) is 0 Å². The Labute approximate surface area is 127 Å². The Morgan fingerprint density at radius 3 is 2.43 bits per heavy atom. The number of carbonyl (C=O) groups excluding carboxylic acids is 1. The summed E-state index contributed by atoms with van der Waals surface area (Å²) in [5.74, 6) is -0.785. The normalized spacial score (nSPS) is 11.3. The second-order valence-electron chi connectivity index (χ2n) is 4.42. The van der Waals surface area contributed by atoms with Gasteiger partial charge in [-0.05, 0) is 42.8 Å². The molecule has 2 rings (SSSR count). The number of hydrogen-bond acceptors (Lipinski definition) is 2. The van der Waals surface area contributed by atoms with E-state index in [0.29, 0.717) is 5.56 Å². The maximum Gasteiger partial charge on any atom is 0.573 e. The van der Waals surface area contributed by atoms with Crippen molar-refractivity contribution in [2.24, 2.45) is 0 Å². The SMILES string of the molecule is Cc1cc(Br)cc(C(=O)c2cccc(OC(F)(F)F)c2)c1. The molecule has 21 heavy (non-hydrogen) atoms. The molecule has 0 bridgehead atoms. The van der Waals surface area contributed by atoms with Crippen molar-refractivity contribution in [2.45, 2.75) is 13.3 Å². The van der Waals surface area contributed by atoms with E-state index in [1.54, 1.807) is 12.1 Å². The summed E-state index contributed by atoms with van der Waals surface area (Å²) in [5, 5.41) is 0. The fourth-order valence-corrected chi connectivity index (χ4v) is 2.48. The molecule has 2 aromatic carbocycles. The van der Waals surface area contributed by atoms with E-state index in [0.717, 1.165) is 22.2 Å². The van der Waals surface area contributed by atoms with Crippen LogP contribution in [0.2, 0.25) is 0 Å². The molecule has 0 aliphatic heterocycles. The summed E-state index contributed by atoms with van der Waals surface area (Å²) in [4.78, 5) is 12.3. The Balaban J connectivity index is 2.33. The third-order valence-electron chi connectivity index (χ3n) is 2.63. The van der Waals surface area contributed by atoms with E-state index in [4.69, 9.17) is 0 Å². The molecule has 0 heterocycles. The molecular formula is C15H10BrF3O2. The average molecular weight is 359 g/mol. The van der Waals surface area contributed by atoms with Crippen LogP contribution in [0.3, 0.4) is 0 Å². The molecule has 0 saturated carbocycles. The Kier molecular flexibility index (Phi) is 4.37. The minimum atomic E-state index is -4.78. The lowest BCUT2D eigenvalue weighted by Crippen LogP contribution is -2.17. The van der Waals surface area contributed by atoms with Gasteiger partial charge in [0.1, 0.15) is 5.75 Å². The highest BCUT2D eigenvalue weighted by Gasteiger charge is 2.31. The third kappa shape index (κ3) is 4.32. The van der Waals surface area contributed by atoms with Gasteiger partial charge in [0.25, 0.3) is 0 Å². The highest BCUT2D eigenvalue weighted by Crippen LogP contribution is 2.25. The molecule has 0 fully saturated rings. The molecule has 6 heteroatoms. The van der Waals surface area contributed by atoms with E-state index < -0.39 is 12.1 Å². The molecule has 0 spiro atoms. The number of benzene rings is 2. The van der Waals surface area contributed by atoms with Gasteiger partial charge in [0, 0.05) is 15.6 Å². The highest BCUT2D eigenvalue weighted by molar-refractivity contribution is 9.10. The zero-order chi connectivity index (χ0) is 15.6. The molecule has 0 amide bonds. The van der Waals surface area contributed by atoms with E-state index in [-0.39, 0.29) is 11.3 Å². The first-order valence-electron chi connectivity index (χ1n) is 5.92. The lowest BCUT2D eigenvalue weighted by molar-refractivity contribution is -0.274. The number of aryl methyl sites for hydroxylation is 1. The predicted molar refractivity (Wildman–Crippen MR) is 75.4 cm³/mol. The van der Waals surface area contributed by atoms with E-state index in [2.05, 4.69) is 20.7 Å². The Bertz CT molecular complexity index is 661. The van der Waals surface area contributed by atoms with Crippen molar-refractivity contribution in [3.8, 4) is 5.75 Å². The summed E-state index contributed by atoms with van der Waals surface area (Å²) in [6.07, 6.45) is -4.78. The topological polar surface area (TPSA) is 26.3 Å². The van der Waals surface area contributed by atoms with Gasteiger partial charge < -0.3 is 4.74 Å². The van der Waals surface area contributed by atoms with Crippen LogP contribution in [0.5, 0.6) is 5.75 Å². The zero-order valence-electron chi connectivity index (χ0n) is 10.9. The quantitative estimate of drug-likeness (QED) is 0.730. The average Bonchev–Trinajstić information content (AvgIpc) is 2.35. The predicted octanol–water partition coefficient (Wildman–Crippen LogP) is 4.89. The molecule has 0 radical (unpaired) electrons. The van der Waals surface area contributed by atoms with Crippen LogP contribution in [0.4, 0.5) is 13.2 Å². The van der Waals surface area contributed by atoms with Crippen molar-refractivity contribution in [3.05, 3.63) is 63.6 Å². The third-order valence-corrected chi connectivity index (χ3v) is 3.09. The van der Waals surface area contributed by atoms with Crippen molar-refractivity contribution in [3.63, 3.8) is 0 Å². The Morgan fingerprint density at radius 1 is 1.10 bits per heavy atom. The Morgan fingerprint density at radius 2 is 1.81 bits per heavy atom. The van der Waals surface area contributed by atoms with Crippen LogP contribution in [-0.2, 0) is 0 Å². The zero-order valence-corrected chi connectivity index (χ0v) is 12.5. The van der Waals surface area contributed by atoms with Gasteiger partial charge in [0.2, 0.25) is 0 Å². The summed E-state index contributed by atoms with van der Waals surface area (Å²) in [6.45, 7) is 1.82. The van der Waals surface area contributed by atoms with Gasteiger partial charge in [-0.2, -0.15) is 0 Å². The monoisotopic (exact) mass is 358 g/mol. The van der Waals surface area contributed by atoms with Crippen LogP contribution in [0.1, 0.15) is 21.5 Å². The summed E-state index contributed by atoms with van der Waals surface area (Å²) in [6, 6.07) is 10.1. The summed E-state index contributed by atoms with van der Waals surface area (Å²) >= 11 is 3.28. The van der Waals surface area contributed by atoms with Crippen molar-refractivity contribution in [1.82, 2.24) is 0 Å². The van der Waals surface area contributed by atoms with Crippen LogP contribution in [0.15, 0.2) is 46.9 Å². The molecule has 0 aromatic heterocycles. The molecule has 0 unspecified atom stereocenters. The van der Waals surface area contributed by atoms with E-state index in [1.165, 1.54) is 12.1 Å². The molecular weight excluding hydrogens is 349 g/mol. The first kappa shape index (κ1) is 15.6. The van der Waals surface area contributed by atoms with Gasteiger partial charge >= 0.3 is 6.36 Å². The van der Waals surface area contributed by atoms with Gasteiger partial charge in [-0.15, -0.1) is 13.2 Å². The molecule has 2 nitrogen and oxygen atoms in total. The van der Waals surface area contributed by atoms with Crippen molar-refractivity contribution in [2.75, 3.05) is 0 Å². The smallest absolute Gasteiger partial charge is 0.406 e. The molecule has 0 aliphatic carbocycles. The maximum atomic E-state index is 12.3. The number of halogens is 4. The Hall–Kier alpha value is -1.82. The van der Waals surface area contributed by atoms with Crippen LogP contribution in [-0.4, -0.2) is 12.1 Å². The second-order valence-corrected chi connectivity index (χ2v) is 5.34. The number of ketones is 1. The van der Waals surface area contributed by atoms with Crippen LogP contribution >= 0.6 is 15.9 Å². The van der Waals surface area contributed by atoms with Gasteiger partial charge in [-0.3, -0.25) is 4.79 Å². The number of carbonyl (C=O) groups is 1. The second kappa shape index (κ2) is 5.89. The lowest BCUT2D eigenvalue weighted by atomic mass is 10.0. The number of alkyl halides is 3. The minimum absolute atomic E-state index is 0.134. The summed E-state index contributed by atoms with van der Waals surface area (Å²) in [5.41, 5.74) is 1.40. The number of rotatable bonds is 3. The van der Waals surface area contributed by atoms with Crippen molar-refractivity contribution in [1.29, 1.82) is 0 Å². The minimum Gasteiger partial charge on any atom is -0.406 e. The molecule has 0 aliphatic rings. The van der Waals surface area contributed by atoms with Crippen molar-refractivity contribution >= 4 is 21.7 Å². The van der Waals surface area contributed by atoms with E-state index in [1.807, 2.05) is 13.0 Å². The summed E-state index contributed by atoms with van der Waals surface area (Å²) < 4.78 is 41.1. The lowest BCUT2D eigenvalue weighted by Gasteiger charge is -2.10. The molecule has 0 atom stereocenters. The summed E-state index contributed by atoms with van der Waals surface area (Å²) in [7, 11) is 0. The van der Waals surface area contributed by atoms with Crippen LogP contribution in [0, 0.1) is 6.92 Å². The van der Waals surface area contributed by atoms with Crippen molar-refractivity contribution < 1.29 is 22.7 Å².